The monoisotopic (exact) mass is 413 g/mol. The fourth-order valence-electron chi connectivity index (χ4n) is 2.76. The van der Waals surface area contributed by atoms with Crippen LogP contribution in [0.2, 0.25) is 0 Å². The van der Waals surface area contributed by atoms with Crippen molar-refractivity contribution in [1.82, 2.24) is 5.32 Å². The number of hydrogen-bond donors (Lipinski definition) is 2. The van der Waals surface area contributed by atoms with Gasteiger partial charge in [0.1, 0.15) is 28.9 Å². The van der Waals surface area contributed by atoms with Crippen LogP contribution in [0, 0.1) is 11.3 Å². The highest BCUT2D eigenvalue weighted by Crippen LogP contribution is 2.22. The molecular formula is C25H23N3O3. The lowest BCUT2D eigenvalue weighted by molar-refractivity contribution is -0.112. The van der Waals surface area contributed by atoms with Crippen molar-refractivity contribution in [3.8, 4) is 23.3 Å². The number of para-hydroxylation sites is 1. The molecule has 0 fully saturated rings. The van der Waals surface area contributed by atoms with Crippen molar-refractivity contribution in [2.24, 2.45) is 0 Å². The summed E-state index contributed by atoms with van der Waals surface area (Å²) in [6, 6.07) is 26.1. The number of carbonyl (C=O) groups excluding carboxylic acids is 1. The molecule has 0 aliphatic carbocycles. The van der Waals surface area contributed by atoms with E-state index in [4.69, 9.17) is 9.47 Å². The third kappa shape index (κ3) is 6.65. The van der Waals surface area contributed by atoms with Crippen LogP contribution in [0.4, 0.5) is 5.69 Å². The van der Waals surface area contributed by atoms with E-state index in [1.807, 2.05) is 60.7 Å². The maximum absolute atomic E-state index is 12.4. The number of benzene rings is 3. The standard InChI is InChI=1S/C25H23N3O3/c1-30-22-11-7-19(8-12-22)15-16-27-18-20(17-26)25(29)28-21-9-13-24(14-10-21)31-23-5-3-2-4-6-23/h2-14,18,27H,15-16H2,1H3,(H,28,29)/b20-18-. The van der Waals surface area contributed by atoms with Gasteiger partial charge in [0.25, 0.3) is 5.91 Å². The van der Waals surface area contributed by atoms with E-state index in [-0.39, 0.29) is 5.57 Å². The number of nitrogens with zero attached hydrogens (tertiary/aromatic N) is 1. The van der Waals surface area contributed by atoms with Crippen LogP contribution in [0.15, 0.2) is 90.6 Å². The lowest BCUT2D eigenvalue weighted by Crippen LogP contribution is -2.18. The van der Waals surface area contributed by atoms with Gasteiger partial charge in [0, 0.05) is 18.4 Å². The van der Waals surface area contributed by atoms with E-state index < -0.39 is 5.91 Å². The Balaban J connectivity index is 1.49. The van der Waals surface area contributed by atoms with Crippen molar-refractivity contribution >= 4 is 11.6 Å². The molecule has 1 amide bonds. The first-order valence-corrected chi connectivity index (χ1v) is 9.79. The topological polar surface area (TPSA) is 83.4 Å². The molecule has 3 aromatic rings. The van der Waals surface area contributed by atoms with Crippen LogP contribution in [0.3, 0.4) is 0 Å². The first-order valence-electron chi connectivity index (χ1n) is 9.79. The molecule has 6 heteroatoms. The van der Waals surface area contributed by atoms with Crippen molar-refractivity contribution in [3.63, 3.8) is 0 Å². The number of amides is 1. The highest BCUT2D eigenvalue weighted by molar-refractivity contribution is 6.06. The number of nitrogens with one attached hydrogen (secondary N) is 2. The molecule has 0 unspecified atom stereocenters. The maximum atomic E-state index is 12.4. The summed E-state index contributed by atoms with van der Waals surface area (Å²) in [5.41, 5.74) is 1.70. The summed E-state index contributed by atoms with van der Waals surface area (Å²) in [4.78, 5) is 12.4. The Kier molecular flexibility index (Phi) is 7.67. The van der Waals surface area contributed by atoms with Gasteiger partial charge < -0.3 is 20.1 Å². The third-order valence-electron chi connectivity index (χ3n) is 4.42. The molecule has 0 aromatic heterocycles. The van der Waals surface area contributed by atoms with Crippen molar-refractivity contribution in [2.45, 2.75) is 6.42 Å². The van der Waals surface area contributed by atoms with Gasteiger partial charge in [0.05, 0.1) is 7.11 Å². The average Bonchev–Trinajstić information content (AvgIpc) is 2.81. The Bertz CT molecular complexity index is 1050. The fourth-order valence-corrected chi connectivity index (χ4v) is 2.76. The summed E-state index contributed by atoms with van der Waals surface area (Å²) in [5, 5.41) is 15.0. The minimum Gasteiger partial charge on any atom is -0.497 e. The SMILES string of the molecule is COc1ccc(CCN/C=C(/C#N)C(=O)Nc2ccc(Oc3ccccc3)cc2)cc1. The molecule has 31 heavy (non-hydrogen) atoms. The molecule has 0 heterocycles. The third-order valence-corrected chi connectivity index (χ3v) is 4.42. The summed E-state index contributed by atoms with van der Waals surface area (Å²) in [6.07, 6.45) is 2.19. The number of methoxy groups -OCH3 is 1. The second kappa shape index (κ2) is 11.1. The first kappa shape index (κ1) is 21.5. The van der Waals surface area contributed by atoms with Crippen molar-refractivity contribution < 1.29 is 14.3 Å². The zero-order valence-electron chi connectivity index (χ0n) is 17.2. The Morgan fingerprint density at radius 3 is 2.23 bits per heavy atom. The molecule has 3 aromatic carbocycles. The predicted octanol–water partition coefficient (Wildman–Crippen LogP) is 4.67. The van der Waals surface area contributed by atoms with Crippen molar-refractivity contribution in [1.29, 1.82) is 5.26 Å². The smallest absolute Gasteiger partial charge is 0.267 e. The maximum Gasteiger partial charge on any atom is 0.267 e. The quantitative estimate of drug-likeness (QED) is 0.303. The molecule has 0 atom stereocenters. The number of rotatable bonds is 9. The molecule has 0 aliphatic rings. The van der Waals surface area contributed by atoms with Gasteiger partial charge in [-0.25, -0.2) is 0 Å². The molecule has 156 valence electrons. The van der Waals surface area contributed by atoms with E-state index in [0.29, 0.717) is 18.0 Å². The first-order chi connectivity index (χ1) is 15.2. The van der Waals surface area contributed by atoms with E-state index in [9.17, 15) is 10.1 Å². The van der Waals surface area contributed by atoms with Crippen LogP contribution >= 0.6 is 0 Å². The molecule has 3 rings (SSSR count). The lowest BCUT2D eigenvalue weighted by atomic mass is 10.1. The van der Waals surface area contributed by atoms with Crippen LogP contribution in [0.5, 0.6) is 17.2 Å². The van der Waals surface area contributed by atoms with E-state index in [1.165, 1.54) is 6.20 Å². The highest BCUT2D eigenvalue weighted by Gasteiger charge is 2.09. The van der Waals surface area contributed by atoms with E-state index in [0.717, 1.165) is 23.5 Å². The summed E-state index contributed by atoms with van der Waals surface area (Å²) >= 11 is 0. The van der Waals surface area contributed by atoms with Gasteiger partial charge in [-0.2, -0.15) is 5.26 Å². The zero-order chi connectivity index (χ0) is 21.9. The molecule has 6 nitrogen and oxygen atoms in total. The average molecular weight is 413 g/mol. The van der Waals surface area contributed by atoms with Gasteiger partial charge in [-0.1, -0.05) is 30.3 Å². The van der Waals surface area contributed by atoms with Crippen LogP contribution in [0.1, 0.15) is 5.56 Å². The molecular weight excluding hydrogens is 390 g/mol. The summed E-state index contributed by atoms with van der Waals surface area (Å²) in [7, 11) is 1.63. The Hall–Kier alpha value is -4.24. The van der Waals surface area contributed by atoms with E-state index in [2.05, 4.69) is 10.6 Å². The molecule has 0 saturated carbocycles. The van der Waals surface area contributed by atoms with Crippen LogP contribution < -0.4 is 20.1 Å². The van der Waals surface area contributed by atoms with Crippen LogP contribution in [-0.2, 0) is 11.2 Å². The molecule has 0 aliphatic heterocycles. The number of ether oxygens (including phenoxy) is 2. The molecule has 0 radical (unpaired) electrons. The van der Waals surface area contributed by atoms with Gasteiger partial charge in [-0.05, 0) is 60.5 Å². The fraction of sp³-hybridized carbons (Fsp3) is 0.120. The van der Waals surface area contributed by atoms with Crippen molar-refractivity contribution in [3.05, 3.63) is 96.2 Å². The van der Waals surface area contributed by atoms with E-state index in [1.54, 1.807) is 31.4 Å². The minimum absolute atomic E-state index is 0.000608. The van der Waals surface area contributed by atoms with Gasteiger partial charge in [0.15, 0.2) is 0 Å². The molecule has 2 N–H and O–H groups in total. The summed E-state index contributed by atoms with van der Waals surface area (Å²) in [6.45, 7) is 0.594. The van der Waals surface area contributed by atoms with E-state index >= 15 is 0 Å². The molecule has 0 saturated heterocycles. The Morgan fingerprint density at radius 2 is 1.58 bits per heavy atom. The number of carbonyl (C=O) groups is 1. The summed E-state index contributed by atoms with van der Waals surface area (Å²) < 4.78 is 10.9. The largest absolute Gasteiger partial charge is 0.497 e. The summed E-state index contributed by atoms with van der Waals surface area (Å²) in [5.74, 6) is 1.71. The Morgan fingerprint density at radius 1 is 0.935 bits per heavy atom. The van der Waals surface area contributed by atoms with Crippen LogP contribution in [-0.4, -0.2) is 19.6 Å². The van der Waals surface area contributed by atoms with Gasteiger partial charge in [-0.3, -0.25) is 4.79 Å². The predicted molar refractivity (Wildman–Crippen MR) is 120 cm³/mol. The Labute approximate surface area is 181 Å². The minimum atomic E-state index is -0.476. The molecule has 0 spiro atoms. The second-order valence-electron chi connectivity index (χ2n) is 6.62. The number of anilines is 1. The van der Waals surface area contributed by atoms with Crippen molar-refractivity contribution in [2.75, 3.05) is 19.0 Å². The lowest BCUT2D eigenvalue weighted by Gasteiger charge is -2.08. The zero-order valence-corrected chi connectivity index (χ0v) is 17.2. The number of hydrogen-bond acceptors (Lipinski definition) is 5. The van der Waals surface area contributed by atoms with Gasteiger partial charge in [-0.15, -0.1) is 0 Å². The highest BCUT2D eigenvalue weighted by atomic mass is 16.5. The number of nitriles is 1. The normalized spacial score (nSPS) is 10.6. The van der Waals surface area contributed by atoms with Gasteiger partial charge >= 0.3 is 0 Å². The van der Waals surface area contributed by atoms with Crippen LogP contribution in [0.25, 0.3) is 0 Å². The molecule has 0 bridgehead atoms. The van der Waals surface area contributed by atoms with Gasteiger partial charge in [0.2, 0.25) is 0 Å². The second-order valence-corrected chi connectivity index (χ2v) is 6.62.